The standard InChI is InChI=1S/C16H21NO3/c17-14(12-4-2-1-3-5-12)15(18)13-6-8-20-16(10-13)7-9-19-11-16/h1-5,13-14H,6-11,17H2. The van der Waals surface area contributed by atoms with Crippen molar-refractivity contribution in [3.63, 3.8) is 0 Å². The molecule has 2 aliphatic rings. The first-order chi connectivity index (χ1) is 9.70. The van der Waals surface area contributed by atoms with Crippen molar-refractivity contribution in [3.05, 3.63) is 35.9 Å². The highest BCUT2D eigenvalue weighted by molar-refractivity contribution is 5.87. The molecule has 3 unspecified atom stereocenters. The monoisotopic (exact) mass is 275 g/mol. The third-order valence-corrected chi connectivity index (χ3v) is 4.43. The maximum atomic E-state index is 12.6. The summed E-state index contributed by atoms with van der Waals surface area (Å²) in [5.41, 5.74) is 6.78. The minimum Gasteiger partial charge on any atom is -0.378 e. The zero-order valence-corrected chi connectivity index (χ0v) is 11.6. The Labute approximate surface area is 119 Å². The summed E-state index contributed by atoms with van der Waals surface area (Å²) in [5.74, 6) is 0.117. The minimum atomic E-state index is -0.529. The maximum absolute atomic E-state index is 12.6. The van der Waals surface area contributed by atoms with Gasteiger partial charge in [0.15, 0.2) is 5.78 Å². The Bertz CT molecular complexity index is 468. The molecular formula is C16H21NO3. The first-order valence-corrected chi connectivity index (χ1v) is 7.26. The topological polar surface area (TPSA) is 61.6 Å². The van der Waals surface area contributed by atoms with Crippen molar-refractivity contribution in [3.8, 4) is 0 Å². The van der Waals surface area contributed by atoms with E-state index in [4.69, 9.17) is 15.2 Å². The van der Waals surface area contributed by atoms with E-state index >= 15 is 0 Å². The third kappa shape index (κ3) is 2.64. The molecule has 20 heavy (non-hydrogen) atoms. The Balaban J connectivity index is 1.70. The number of rotatable bonds is 3. The molecule has 2 aliphatic heterocycles. The molecule has 0 bridgehead atoms. The third-order valence-electron chi connectivity index (χ3n) is 4.43. The molecule has 2 fully saturated rings. The van der Waals surface area contributed by atoms with E-state index in [9.17, 15) is 4.79 Å². The Morgan fingerprint density at radius 2 is 2.10 bits per heavy atom. The van der Waals surface area contributed by atoms with Crippen molar-refractivity contribution in [2.45, 2.75) is 30.9 Å². The van der Waals surface area contributed by atoms with Gasteiger partial charge in [0.25, 0.3) is 0 Å². The highest BCUT2D eigenvalue weighted by atomic mass is 16.6. The van der Waals surface area contributed by atoms with E-state index in [0.717, 1.165) is 31.4 Å². The van der Waals surface area contributed by atoms with Gasteiger partial charge in [-0.05, 0) is 18.4 Å². The molecule has 2 saturated heterocycles. The smallest absolute Gasteiger partial charge is 0.157 e. The SMILES string of the molecule is NC(C(=O)C1CCOC2(CCOC2)C1)c1ccccc1. The van der Waals surface area contributed by atoms with Crippen molar-refractivity contribution in [1.82, 2.24) is 0 Å². The van der Waals surface area contributed by atoms with Crippen LogP contribution < -0.4 is 5.73 Å². The first-order valence-electron chi connectivity index (χ1n) is 7.26. The van der Waals surface area contributed by atoms with E-state index in [2.05, 4.69) is 0 Å². The predicted octanol–water partition coefficient (Wildman–Crippen LogP) is 1.84. The molecule has 1 aromatic carbocycles. The molecule has 4 heteroatoms. The van der Waals surface area contributed by atoms with E-state index in [-0.39, 0.29) is 17.3 Å². The van der Waals surface area contributed by atoms with Crippen LogP contribution in [-0.4, -0.2) is 31.2 Å². The summed E-state index contributed by atoms with van der Waals surface area (Å²) in [6.45, 7) is 1.96. The van der Waals surface area contributed by atoms with E-state index in [1.54, 1.807) is 0 Å². The lowest BCUT2D eigenvalue weighted by Crippen LogP contribution is -2.44. The van der Waals surface area contributed by atoms with Gasteiger partial charge in [-0.3, -0.25) is 4.79 Å². The molecular weight excluding hydrogens is 254 g/mol. The molecule has 0 aliphatic carbocycles. The number of nitrogens with two attached hydrogens (primary N) is 1. The molecule has 1 spiro atoms. The number of hydrogen-bond acceptors (Lipinski definition) is 4. The Morgan fingerprint density at radius 1 is 1.30 bits per heavy atom. The highest BCUT2D eigenvalue weighted by Gasteiger charge is 2.43. The molecule has 3 rings (SSSR count). The highest BCUT2D eigenvalue weighted by Crippen LogP contribution is 2.37. The average Bonchev–Trinajstić information content (AvgIpc) is 2.94. The summed E-state index contributed by atoms with van der Waals surface area (Å²) in [7, 11) is 0. The van der Waals surface area contributed by atoms with Crippen LogP contribution in [0.5, 0.6) is 0 Å². The van der Waals surface area contributed by atoms with Gasteiger partial charge in [-0.2, -0.15) is 0 Å². The molecule has 3 atom stereocenters. The number of Topliss-reactive ketones (excluding diaryl/α,β-unsaturated/α-hetero) is 1. The van der Waals surface area contributed by atoms with E-state index < -0.39 is 6.04 Å². The van der Waals surface area contributed by atoms with Gasteiger partial charge in [0.2, 0.25) is 0 Å². The van der Waals surface area contributed by atoms with Crippen LogP contribution in [0.25, 0.3) is 0 Å². The second-order valence-electron chi connectivity index (χ2n) is 5.81. The van der Waals surface area contributed by atoms with Crippen LogP contribution in [-0.2, 0) is 14.3 Å². The minimum absolute atomic E-state index is 0.0133. The van der Waals surface area contributed by atoms with Gasteiger partial charge in [0, 0.05) is 25.6 Å². The molecule has 1 aromatic rings. The summed E-state index contributed by atoms with van der Waals surface area (Å²) >= 11 is 0. The van der Waals surface area contributed by atoms with Crippen molar-refractivity contribution in [2.75, 3.05) is 19.8 Å². The molecule has 0 amide bonds. The molecule has 2 N–H and O–H groups in total. The molecule has 2 heterocycles. The Kier molecular flexibility index (Phi) is 3.87. The van der Waals surface area contributed by atoms with Crippen LogP contribution in [0.15, 0.2) is 30.3 Å². The van der Waals surface area contributed by atoms with Crippen LogP contribution in [0.2, 0.25) is 0 Å². The van der Waals surface area contributed by atoms with Crippen molar-refractivity contribution < 1.29 is 14.3 Å². The van der Waals surface area contributed by atoms with Crippen LogP contribution in [0.4, 0.5) is 0 Å². The summed E-state index contributed by atoms with van der Waals surface area (Å²) < 4.78 is 11.3. The lowest BCUT2D eigenvalue weighted by molar-refractivity contribution is -0.138. The number of ketones is 1. The predicted molar refractivity (Wildman–Crippen MR) is 75.2 cm³/mol. The lowest BCUT2D eigenvalue weighted by Gasteiger charge is -2.37. The largest absolute Gasteiger partial charge is 0.378 e. The number of ether oxygens (including phenoxy) is 2. The Hall–Kier alpha value is -1.23. The summed E-state index contributed by atoms with van der Waals surface area (Å²) in [6.07, 6.45) is 2.39. The van der Waals surface area contributed by atoms with Gasteiger partial charge in [0.1, 0.15) is 0 Å². The van der Waals surface area contributed by atoms with Crippen molar-refractivity contribution >= 4 is 5.78 Å². The number of benzene rings is 1. The zero-order valence-electron chi connectivity index (χ0n) is 11.6. The summed E-state index contributed by atoms with van der Waals surface area (Å²) in [5, 5.41) is 0. The van der Waals surface area contributed by atoms with Crippen LogP contribution in [0.3, 0.4) is 0 Å². The second-order valence-corrected chi connectivity index (χ2v) is 5.81. The number of hydrogen-bond donors (Lipinski definition) is 1. The van der Waals surface area contributed by atoms with Crippen molar-refractivity contribution in [1.29, 1.82) is 0 Å². The molecule has 0 aromatic heterocycles. The van der Waals surface area contributed by atoms with E-state index in [1.807, 2.05) is 30.3 Å². The summed E-state index contributed by atoms with van der Waals surface area (Å²) in [4.78, 5) is 12.6. The van der Waals surface area contributed by atoms with E-state index in [0.29, 0.717) is 13.2 Å². The van der Waals surface area contributed by atoms with Gasteiger partial charge < -0.3 is 15.2 Å². The van der Waals surface area contributed by atoms with Gasteiger partial charge in [-0.25, -0.2) is 0 Å². The molecule has 4 nitrogen and oxygen atoms in total. The quantitative estimate of drug-likeness (QED) is 0.914. The number of carbonyl (C=O) groups excluding carboxylic acids is 1. The Morgan fingerprint density at radius 3 is 2.80 bits per heavy atom. The molecule has 108 valence electrons. The normalized spacial score (nSPS) is 31.4. The lowest BCUT2D eigenvalue weighted by atomic mass is 9.80. The fraction of sp³-hybridized carbons (Fsp3) is 0.562. The van der Waals surface area contributed by atoms with E-state index in [1.165, 1.54) is 0 Å². The van der Waals surface area contributed by atoms with Gasteiger partial charge in [0.05, 0.1) is 18.2 Å². The van der Waals surface area contributed by atoms with Gasteiger partial charge in [-0.1, -0.05) is 30.3 Å². The summed E-state index contributed by atoms with van der Waals surface area (Å²) in [6, 6.07) is 9.06. The zero-order chi connectivity index (χ0) is 14.0. The second kappa shape index (κ2) is 5.64. The number of carbonyl (C=O) groups is 1. The van der Waals surface area contributed by atoms with Gasteiger partial charge in [-0.15, -0.1) is 0 Å². The first kappa shape index (κ1) is 13.7. The van der Waals surface area contributed by atoms with Crippen LogP contribution in [0.1, 0.15) is 30.9 Å². The average molecular weight is 275 g/mol. The van der Waals surface area contributed by atoms with Crippen molar-refractivity contribution in [2.24, 2.45) is 11.7 Å². The van der Waals surface area contributed by atoms with Gasteiger partial charge >= 0.3 is 0 Å². The molecule has 0 saturated carbocycles. The maximum Gasteiger partial charge on any atom is 0.157 e. The van der Waals surface area contributed by atoms with Crippen LogP contribution in [0, 0.1) is 5.92 Å². The fourth-order valence-corrected chi connectivity index (χ4v) is 3.21. The fourth-order valence-electron chi connectivity index (χ4n) is 3.21. The van der Waals surface area contributed by atoms with Crippen LogP contribution >= 0.6 is 0 Å². The molecule has 0 radical (unpaired) electrons.